The van der Waals surface area contributed by atoms with E-state index < -0.39 is 10.8 Å². The topological polar surface area (TPSA) is 93.8 Å². The average Bonchev–Trinajstić information content (AvgIpc) is 2.74. The van der Waals surface area contributed by atoms with Gasteiger partial charge in [-0.05, 0) is 35.9 Å². The molecule has 0 saturated heterocycles. The smallest absolute Gasteiger partial charge is 0.288 e. The molecule has 3 aromatic rings. The van der Waals surface area contributed by atoms with Crippen molar-refractivity contribution in [1.82, 2.24) is 5.43 Å². The first-order valence-corrected chi connectivity index (χ1v) is 9.43. The number of benzene rings is 3. The van der Waals surface area contributed by atoms with E-state index in [0.717, 1.165) is 5.56 Å². The maximum Gasteiger partial charge on any atom is 0.288 e. The van der Waals surface area contributed by atoms with E-state index in [9.17, 15) is 14.9 Å². The van der Waals surface area contributed by atoms with Gasteiger partial charge >= 0.3 is 0 Å². The van der Waals surface area contributed by atoms with E-state index >= 15 is 0 Å². The van der Waals surface area contributed by atoms with Gasteiger partial charge in [0.05, 0.1) is 16.7 Å². The Morgan fingerprint density at radius 1 is 1.10 bits per heavy atom. The number of carbonyl (C=O) groups excluding carboxylic acids is 1. The monoisotopic (exact) mass is 443 g/mol. The highest BCUT2D eigenvalue weighted by atomic mass is 35.5. The summed E-state index contributed by atoms with van der Waals surface area (Å²) in [4.78, 5) is 22.8. The van der Waals surface area contributed by atoms with E-state index in [1.54, 1.807) is 42.5 Å². The molecule has 3 aromatic carbocycles. The van der Waals surface area contributed by atoms with Crippen LogP contribution >= 0.6 is 23.2 Å². The van der Waals surface area contributed by atoms with E-state index in [4.69, 9.17) is 27.9 Å². The third-order valence-corrected chi connectivity index (χ3v) is 4.56. The van der Waals surface area contributed by atoms with Crippen molar-refractivity contribution in [3.63, 3.8) is 0 Å². The van der Waals surface area contributed by atoms with Crippen LogP contribution in [0.1, 0.15) is 21.5 Å². The molecule has 0 aromatic heterocycles. The fraction of sp³-hybridized carbons (Fsp3) is 0.0476. The molecular formula is C21H15Cl2N3O4. The van der Waals surface area contributed by atoms with E-state index in [1.165, 1.54) is 18.3 Å². The molecule has 9 heteroatoms. The molecule has 0 bridgehead atoms. The molecule has 30 heavy (non-hydrogen) atoms. The van der Waals surface area contributed by atoms with Crippen molar-refractivity contribution >= 4 is 41.0 Å². The van der Waals surface area contributed by atoms with Crippen LogP contribution < -0.4 is 10.2 Å². The maximum absolute atomic E-state index is 12.5. The zero-order valence-corrected chi connectivity index (χ0v) is 16.9. The molecule has 0 atom stereocenters. The summed E-state index contributed by atoms with van der Waals surface area (Å²) in [5, 5.41) is 15.5. The summed E-state index contributed by atoms with van der Waals surface area (Å²) in [6.07, 6.45) is 1.29. The highest BCUT2D eigenvalue weighted by Crippen LogP contribution is 2.24. The van der Waals surface area contributed by atoms with Crippen molar-refractivity contribution in [3.8, 4) is 5.75 Å². The predicted octanol–water partition coefficient (Wildman–Crippen LogP) is 5.24. The molecule has 1 N–H and O–H groups in total. The molecule has 0 spiro atoms. The molecule has 0 radical (unpaired) electrons. The average molecular weight is 444 g/mol. The number of hydrogen-bond donors (Lipinski definition) is 1. The van der Waals surface area contributed by atoms with Gasteiger partial charge in [0.15, 0.2) is 0 Å². The van der Waals surface area contributed by atoms with Gasteiger partial charge in [0.2, 0.25) is 0 Å². The van der Waals surface area contributed by atoms with Crippen LogP contribution in [0.15, 0.2) is 71.8 Å². The molecule has 0 saturated carbocycles. The summed E-state index contributed by atoms with van der Waals surface area (Å²) in [6, 6.07) is 18.1. The Balaban J connectivity index is 1.67. The summed E-state index contributed by atoms with van der Waals surface area (Å²) in [7, 11) is 0. The van der Waals surface area contributed by atoms with Gasteiger partial charge in [-0.3, -0.25) is 14.9 Å². The lowest BCUT2D eigenvalue weighted by Gasteiger charge is -2.10. The SMILES string of the molecule is O=C(N/N=C\c1ccc(Cl)c([N+](=O)[O-])c1)c1ccccc1OCc1ccc(Cl)cc1. The zero-order valence-electron chi connectivity index (χ0n) is 15.4. The summed E-state index contributed by atoms with van der Waals surface area (Å²) < 4.78 is 5.76. The lowest BCUT2D eigenvalue weighted by molar-refractivity contribution is -0.384. The lowest BCUT2D eigenvalue weighted by atomic mass is 10.2. The largest absolute Gasteiger partial charge is 0.488 e. The van der Waals surface area contributed by atoms with Crippen LogP contribution in [-0.2, 0) is 6.61 Å². The number of carbonyl (C=O) groups is 1. The Hall–Kier alpha value is -3.42. The number of hydrogen-bond acceptors (Lipinski definition) is 5. The van der Waals surface area contributed by atoms with Gasteiger partial charge in [-0.15, -0.1) is 0 Å². The van der Waals surface area contributed by atoms with Gasteiger partial charge in [-0.1, -0.05) is 53.5 Å². The molecule has 0 unspecified atom stereocenters. The molecule has 0 aliphatic carbocycles. The second-order valence-electron chi connectivity index (χ2n) is 6.08. The number of rotatable bonds is 7. The number of nitrogens with zero attached hydrogens (tertiary/aromatic N) is 2. The number of ether oxygens (including phenoxy) is 1. The molecule has 0 heterocycles. The second kappa shape index (κ2) is 9.87. The van der Waals surface area contributed by atoms with Crippen LogP contribution in [0, 0.1) is 10.1 Å². The summed E-state index contributed by atoms with van der Waals surface area (Å²) in [5.74, 6) is -0.0938. The lowest BCUT2D eigenvalue weighted by Crippen LogP contribution is -2.18. The number of nitro groups is 1. The van der Waals surface area contributed by atoms with Crippen molar-refractivity contribution in [2.45, 2.75) is 6.61 Å². The molecule has 7 nitrogen and oxygen atoms in total. The summed E-state index contributed by atoms with van der Waals surface area (Å²) in [6.45, 7) is 0.263. The molecular weight excluding hydrogens is 429 g/mol. The molecule has 1 amide bonds. The minimum absolute atomic E-state index is 0.0212. The number of halogens is 2. The normalized spacial score (nSPS) is 10.7. The van der Waals surface area contributed by atoms with Gasteiger partial charge < -0.3 is 4.74 Å². The van der Waals surface area contributed by atoms with Gasteiger partial charge in [-0.25, -0.2) is 5.43 Å². The fourth-order valence-electron chi connectivity index (χ4n) is 2.50. The van der Waals surface area contributed by atoms with E-state index in [-0.39, 0.29) is 17.3 Å². The van der Waals surface area contributed by atoms with Crippen LogP contribution in [0.4, 0.5) is 5.69 Å². The predicted molar refractivity (Wildman–Crippen MR) is 115 cm³/mol. The molecule has 0 aliphatic heterocycles. The molecule has 0 fully saturated rings. The second-order valence-corrected chi connectivity index (χ2v) is 6.92. The highest BCUT2D eigenvalue weighted by Gasteiger charge is 2.13. The molecule has 0 aliphatic rings. The minimum Gasteiger partial charge on any atom is -0.488 e. The van der Waals surface area contributed by atoms with Crippen LogP contribution in [0.25, 0.3) is 0 Å². The zero-order chi connectivity index (χ0) is 21.5. The number of nitro benzene ring substituents is 1. The third kappa shape index (κ3) is 5.56. The Morgan fingerprint density at radius 3 is 2.57 bits per heavy atom. The van der Waals surface area contributed by atoms with Gasteiger partial charge in [-0.2, -0.15) is 5.10 Å². The Bertz CT molecular complexity index is 1100. The standard InChI is InChI=1S/C21H15Cl2N3O4/c22-16-8-5-14(6-9-16)13-30-20-4-2-1-3-17(20)21(27)25-24-12-15-7-10-18(23)19(11-15)26(28)29/h1-12H,13H2,(H,25,27)/b24-12-. The Labute approximate surface area is 182 Å². The van der Waals surface area contributed by atoms with Gasteiger partial charge in [0, 0.05) is 16.7 Å². The maximum atomic E-state index is 12.5. The van der Waals surface area contributed by atoms with E-state index in [1.807, 2.05) is 12.1 Å². The first-order chi connectivity index (χ1) is 14.4. The Morgan fingerprint density at radius 2 is 1.83 bits per heavy atom. The first-order valence-electron chi connectivity index (χ1n) is 8.67. The number of para-hydroxylation sites is 1. The van der Waals surface area contributed by atoms with Crippen molar-refractivity contribution in [3.05, 3.63) is 104 Å². The van der Waals surface area contributed by atoms with Gasteiger partial charge in [0.1, 0.15) is 17.4 Å². The fourth-order valence-corrected chi connectivity index (χ4v) is 2.81. The van der Waals surface area contributed by atoms with Crippen molar-refractivity contribution < 1.29 is 14.5 Å². The van der Waals surface area contributed by atoms with Crippen LogP contribution in [0.3, 0.4) is 0 Å². The van der Waals surface area contributed by atoms with E-state index in [0.29, 0.717) is 21.9 Å². The third-order valence-electron chi connectivity index (χ3n) is 3.99. The molecule has 3 rings (SSSR count). The number of nitrogens with one attached hydrogen (secondary N) is 1. The number of amides is 1. The summed E-state index contributed by atoms with van der Waals surface area (Å²) >= 11 is 11.7. The van der Waals surface area contributed by atoms with Crippen LogP contribution in [-0.4, -0.2) is 17.0 Å². The first kappa shape index (κ1) is 21.3. The van der Waals surface area contributed by atoms with Crippen molar-refractivity contribution in [2.75, 3.05) is 0 Å². The van der Waals surface area contributed by atoms with E-state index in [2.05, 4.69) is 10.5 Å². The Kier molecular flexibility index (Phi) is 7.00. The van der Waals surface area contributed by atoms with Crippen LogP contribution in [0.2, 0.25) is 10.0 Å². The number of hydrazone groups is 1. The highest BCUT2D eigenvalue weighted by molar-refractivity contribution is 6.32. The van der Waals surface area contributed by atoms with Gasteiger partial charge in [0.25, 0.3) is 11.6 Å². The summed E-state index contributed by atoms with van der Waals surface area (Å²) in [5.41, 5.74) is 3.76. The van der Waals surface area contributed by atoms with Crippen LogP contribution in [0.5, 0.6) is 5.75 Å². The van der Waals surface area contributed by atoms with Crippen molar-refractivity contribution in [1.29, 1.82) is 0 Å². The van der Waals surface area contributed by atoms with Crippen molar-refractivity contribution in [2.24, 2.45) is 5.10 Å². The molecule has 152 valence electrons. The quantitative estimate of drug-likeness (QED) is 0.306. The minimum atomic E-state index is -0.591.